The van der Waals surface area contributed by atoms with Crippen LogP contribution in [0.1, 0.15) is 19.4 Å². The van der Waals surface area contributed by atoms with Crippen LogP contribution >= 0.6 is 0 Å². The number of ether oxygens (including phenoxy) is 1. The van der Waals surface area contributed by atoms with Crippen molar-refractivity contribution >= 4 is 5.91 Å². The van der Waals surface area contributed by atoms with Crippen molar-refractivity contribution in [3.05, 3.63) is 29.8 Å². The summed E-state index contributed by atoms with van der Waals surface area (Å²) in [5, 5.41) is 2.90. The van der Waals surface area contributed by atoms with Gasteiger partial charge in [0.2, 0.25) is 5.91 Å². The first-order valence-electron chi connectivity index (χ1n) is 8.01. The van der Waals surface area contributed by atoms with Gasteiger partial charge in [0.15, 0.2) is 0 Å². The molecule has 1 saturated heterocycles. The first kappa shape index (κ1) is 16.8. The number of piperazine rings is 1. The van der Waals surface area contributed by atoms with Crippen molar-refractivity contribution in [2.75, 3.05) is 39.8 Å². The minimum absolute atomic E-state index is 0.0388. The summed E-state index contributed by atoms with van der Waals surface area (Å²) in [6.45, 7) is 9.46. The molecule has 0 unspecified atom stereocenters. The summed E-state index contributed by atoms with van der Waals surface area (Å²) in [6, 6.07) is 8.19. The number of nitrogens with zero attached hydrogens (tertiary/aromatic N) is 2. The van der Waals surface area contributed by atoms with E-state index in [1.807, 2.05) is 26.0 Å². The van der Waals surface area contributed by atoms with Gasteiger partial charge in [0, 0.05) is 39.3 Å². The van der Waals surface area contributed by atoms with Gasteiger partial charge in [-0.25, -0.2) is 0 Å². The predicted molar refractivity (Wildman–Crippen MR) is 88.0 cm³/mol. The van der Waals surface area contributed by atoms with E-state index in [1.165, 1.54) is 5.56 Å². The standard InChI is InChI=1S/C17H27N3O2/c1-4-18-17(21)14(2)20-11-9-19(10-12-20)13-15-5-7-16(22-3)8-6-15/h5-8,14H,4,9-13H2,1-3H3,(H,18,21)/t14-/m1/s1. The van der Waals surface area contributed by atoms with Gasteiger partial charge < -0.3 is 10.1 Å². The maximum Gasteiger partial charge on any atom is 0.237 e. The van der Waals surface area contributed by atoms with E-state index in [9.17, 15) is 4.79 Å². The zero-order valence-electron chi connectivity index (χ0n) is 13.8. The Morgan fingerprint density at radius 1 is 1.23 bits per heavy atom. The highest BCUT2D eigenvalue weighted by atomic mass is 16.5. The van der Waals surface area contributed by atoms with Crippen molar-refractivity contribution in [1.82, 2.24) is 15.1 Å². The normalized spacial score (nSPS) is 18.0. The Bertz CT molecular complexity index is 467. The molecule has 1 aromatic carbocycles. The van der Waals surface area contributed by atoms with Gasteiger partial charge in [0.05, 0.1) is 13.2 Å². The second-order valence-corrected chi connectivity index (χ2v) is 5.73. The van der Waals surface area contributed by atoms with E-state index in [0.29, 0.717) is 6.54 Å². The molecule has 1 atom stereocenters. The molecule has 0 aliphatic carbocycles. The molecule has 5 nitrogen and oxygen atoms in total. The fourth-order valence-electron chi connectivity index (χ4n) is 2.79. The first-order chi connectivity index (χ1) is 10.6. The van der Waals surface area contributed by atoms with Gasteiger partial charge in [-0.3, -0.25) is 14.6 Å². The van der Waals surface area contributed by atoms with Crippen LogP contribution in [-0.4, -0.2) is 61.6 Å². The fourth-order valence-corrected chi connectivity index (χ4v) is 2.79. The molecule has 1 amide bonds. The van der Waals surface area contributed by atoms with E-state index in [4.69, 9.17) is 4.74 Å². The molecule has 1 fully saturated rings. The maximum absolute atomic E-state index is 11.9. The molecule has 0 radical (unpaired) electrons. The molecule has 2 rings (SSSR count). The molecule has 5 heteroatoms. The van der Waals surface area contributed by atoms with Crippen LogP contribution in [0.5, 0.6) is 5.75 Å². The average molecular weight is 305 g/mol. The van der Waals surface area contributed by atoms with Crippen LogP contribution in [0.4, 0.5) is 0 Å². The van der Waals surface area contributed by atoms with Gasteiger partial charge in [-0.05, 0) is 31.5 Å². The van der Waals surface area contributed by atoms with E-state index in [2.05, 4.69) is 27.2 Å². The lowest BCUT2D eigenvalue weighted by molar-refractivity contribution is -0.126. The van der Waals surface area contributed by atoms with Gasteiger partial charge in [-0.2, -0.15) is 0 Å². The Morgan fingerprint density at radius 3 is 2.41 bits per heavy atom. The van der Waals surface area contributed by atoms with Gasteiger partial charge in [0.25, 0.3) is 0 Å². The zero-order chi connectivity index (χ0) is 15.9. The molecule has 1 heterocycles. The Hall–Kier alpha value is -1.59. The maximum atomic E-state index is 11.9. The number of carbonyl (C=O) groups excluding carboxylic acids is 1. The molecule has 0 bridgehead atoms. The quantitative estimate of drug-likeness (QED) is 0.861. The lowest BCUT2D eigenvalue weighted by Gasteiger charge is -2.37. The first-order valence-corrected chi connectivity index (χ1v) is 8.01. The van der Waals surface area contributed by atoms with Crippen molar-refractivity contribution in [3.8, 4) is 5.75 Å². The Labute approximate surface area is 133 Å². The molecule has 0 spiro atoms. The van der Waals surface area contributed by atoms with Crippen LogP contribution in [0.2, 0.25) is 0 Å². The number of likely N-dealkylation sites (N-methyl/N-ethyl adjacent to an activating group) is 1. The molecular formula is C17H27N3O2. The third-order valence-corrected chi connectivity index (χ3v) is 4.25. The molecular weight excluding hydrogens is 278 g/mol. The van der Waals surface area contributed by atoms with Crippen molar-refractivity contribution in [1.29, 1.82) is 0 Å². The molecule has 22 heavy (non-hydrogen) atoms. The lowest BCUT2D eigenvalue weighted by Crippen LogP contribution is -2.53. The van der Waals surface area contributed by atoms with Gasteiger partial charge in [0.1, 0.15) is 5.75 Å². The number of benzene rings is 1. The summed E-state index contributed by atoms with van der Waals surface area (Å²) in [7, 11) is 1.68. The molecule has 122 valence electrons. The van der Waals surface area contributed by atoms with Crippen molar-refractivity contribution in [3.63, 3.8) is 0 Å². The van der Waals surface area contributed by atoms with Gasteiger partial charge >= 0.3 is 0 Å². The van der Waals surface area contributed by atoms with Crippen LogP contribution in [0.3, 0.4) is 0 Å². The van der Waals surface area contributed by atoms with E-state index < -0.39 is 0 Å². The number of methoxy groups -OCH3 is 1. The topological polar surface area (TPSA) is 44.8 Å². The number of rotatable bonds is 6. The van der Waals surface area contributed by atoms with E-state index in [0.717, 1.165) is 38.5 Å². The number of carbonyl (C=O) groups is 1. The Morgan fingerprint density at radius 2 is 1.86 bits per heavy atom. The van der Waals surface area contributed by atoms with Crippen LogP contribution in [0, 0.1) is 0 Å². The average Bonchev–Trinajstić information content (AvgIpc) is 2.56. The van der Waals surface area contributed by atoms with Gasteiger partial charge in [-0.15, -0.1) is 0 Å². The summed E-state index contributed by atoms with van der Waals surface area (Å²) in [4.78, 5) is 16.6. The highest BCUT2D eigenvalue weighted by Gasteiger charge is 2.25. The Kier molecular flexibility index (Phi) is 6.21. The molecule has 1 aliphatic heterocycles. The predicted octanol–water partition coefficient (Wildman–Crippen LogP) is 1.34. The molecule has 1 aliphatic rings. The fraction of sp³-hybridized carbons (Fsp3) is 0.588. The van der Waals surface area contributed by atoms with Gasteiger partial charge in [-0.1, -0.05) is 12.1 Å². The number of nitrogens with one attached hydrogen (secondary N) is 1. The van der Waals surface area contributed by atoms with Crippen LogP contribution in [-0.2, 0) is 11.3 Å². The number of hydrogen-bond acceptors (Lipinski definition) is 4. The van der Waals surface area contributed by atoms with E-state index in [1.54, 1.807) is 7.11 Å². The second-order valence-electron chi connectivity index (χ2n) is 5.73. The third kappa shape index (κ3) is 4.45. The van der Waals surface area contributed by atoms with Crippen LogP contribution in [0.25, 0.3) is 0 Å². The number of hydrogen-bond donors (Lipinski definition) is 1. The number of amides is 1. The second kappa shape index (κ2) is 8.15. The molecule has 1 N–H and O–H groups in total. The summed E-state index contributed by atoms with van der Waals surface area (Å²) >= 11 is 0. The van der Waals surface area contributed by atoms with E-state index >= 15 is 0 Å². The minimum Gasteiger partial charge on any atom is -0.497 e. The van der Waals surface area contributed by atoms with Crippen molar-refractivity contribution in [2.24, 2.45) is 0 Å². The largest absolute Gasteiger partial charge is 0.497 e. The molecule has 0 aromatic heterocycles. The van der Waals surface area contributed by atoms with E-state index in [-0.39, 0.29) is 11.9 Å². The minimum atomic E-state index is -0.0388. The molecule has 1 aromatic rings. The summed E-state index contributed by atoms with van der Waals surface area (Å²) in [5.41, 5.74) is 1.30. The van der Waals surface area contributed by atoms with Crippen LogP contribution in [0.15, 0.2) is 24.3 Å². The van der Waals surface area contributed by atoms with Crippen LogP contribution < -0.4 is 10.1 Å². The monoisotopic (exact) mass is 305 g/mol. The lowest BCUT2D eigenvalue weighted by atomic mass is 10.1. The smallest absolute Gasteiger partial charge is 0.237 e. The third-order valence-electron chi connectivity index (χ3n) is 4.25. The highest BCUT2D eigenvalue weighted by molar-refractivity contribution is 5.81. The zero-order valence-corrected chi connectivity index (χ0v) is 13.8. The Balaban J connectivity index is 1.80. The summed E-state index contributed by atoms with van der Waals surface area (Å²) in [6.07, 6.45) is 0. The molecule has 0 saturated carbocycles. The highest BCUT2D eigenvalue weighted by Crippen LogP contribution is 2.14. The summed E-state index contributed by atoms with van der Waals surface area (Å²) < 4.78 is 5.18. The summed E-state index contributed by atoms with van der Waals surface area (Å²) in [5.74, 6) is 1.02. The van der Waals surface area contributed by atoms with Crippen molar-refractivity contribution in [2.45, 2.75) is 26.4 Å². The van der Waals surface area contributed by atoms with Crippen molar-refractivity contribution < 1.29 is 9.53 Å². The SMILES string of the molecule is CCNC(=O)[C@@H](C)N1CCN(Cc2ccc(OC)cc2)CC1.